The number of hydrogen-bond acceptors (Lipinski definition) is 2. The zero-order valence-electron chi connectivity index (χ0n) is 4.32. The second kappa shape index (κ2) is 6.60. The van der Waals surface area contributed by atoms with E-state index < -0.39 is 0 Å². The fourth-order valence-electron chi connectivity index (χ4n) is 0.174. The molecule has 0 saturated carbocycles. The second-order valence-corrected chi connectivity index (χ2v) is 2.44. The maximum absolute atomic E-state index is 5.32. The fraction of sp³-hybridized carbons (Fsp3) is 1.00. The van der Waals surface area contributed by atoms with Crippen LogP contribution in [0.15, 0.2) is 0 Å². The van der Waals surface area contributed by atoms with E-state index in [-0.39, 0.29) is 0 Å². The summed E-state index contributed by atoms with van der Waals surface area (Å²) in [6.45, 7) is 2.75. The molecule has 0 bridgehead atoms. The summed E-state index contributed by atoms with van der Waals surface area (Å²) >= 11 is 6.90. The summed E-state index contributed by atoms with van der Waals surface area (Å²) in [5.41, 5.74) is 0. The Morgan fingerprint density at radius 3 is 2.86 bits per heavy atom. The van der Waals surface area contributed by atoms with E-state index in [1.807, 2.05) is 6.92 Å². The Morgan fingerprint density at radius 2 is 2.43 bits per heavy atom. The molecule has 0 aromatic heterocycles. The molecule has 0 atom stereocenters. The Labute approximate surface area is 53.4 Å². The van der Waals surface area contributed by atoms with E-state index in [1.165, 1.54) is 0 Å². The summed E-state index contributed by atoms with van der Waals surface area (Å²) in [5, 5.41) is 0.625. The number of alkyl halides is 1. The zero-order valence-corrected chi connectivity index (χ0v) is 5.89. The lowest BCUT2D eigenvalue weighted by molar-refractivity contribution is 0.199. The van der Waals surface area contributed by atoms with Crippen molar-refractivity contribution < 1.29 is 4.74 Å². The summed E-state index contributed by atoms with van der Waals surface area (Å²) in [4.78, 5) is 0. The molecule has 0 amide bonds. The van der Waals surface area contributed by atoms with E-state index in [1.54, 1.807) is 11.8 Å². The molecular formula is C4H9ClOS. The van der Waals surface area contributed by atoms with Gasteiger partial charge in [0.1, 0.15) is 0 Å². The van der Waals surface area contributed by atoms with E-state index in [0.29, 0.717) is 5.21 Å². The van der Waals surface area contributed by atoms with Crippen molar-refractivity contribution in [1.29, 1.82) is 0 Å². The molecule has 0 fully saturated rings. The summed E-state index contributed by atoms with van der Waals surface area (Å²) in [6, 6.07) is 0. The first kappa shape index (κ1) is 7.60. The van der Waals surface area contributed by atoms with Gasteiger partial charge >= 0.3 is 0 Å². The van der Waals surface area contributed by atoms with Crippen LogP contribution in [0.1, 0.15) is 6.92 Å². The minimum absolute atomic E-state index is 0.625. The third-order valence-electron chi connectivity index (χ3n) is 0.448. The lowest BCUT2D eigenvalue weighted by Crippen LogP contribution is -1.86. The topological polar surface area (TPSA) is 9.23 Å². The highest BCUT2D eigenvalue weighted by atomic mass is 35.5. The van der Waals surface area contributed by atoms with Crippen molar-refractivity contribution in [3.8, 4) is 0 Å². The van der Waals surface area contributed by atoms with Gasteiger partial charge in [0.15, 0.2) is 0 Å². The molecule has 0 aromatic rings. The minimum atomic E-state index is 0.625. The molecule has 0 rings (SSSR count). The van der Waals surface area contributed by atoms with Crippen molar-refractivity contribution in [3.63, 3.8) is 0 Å². The smallest absolute Gasteiger partial charge is 0.0932 e. The normalized spacial score (nSPS) is 9.43. The first-order chi connectivity index (χ1) is 3.41. The van der Waals surface area contributed by atoms with Crippen molar-refractivity contribution in [1.82, 2.24) is 0 Å². The van der Waals surface area contributed by atoms with Gasteiger partial charge in [-0.2, -0.15) is 0 Å². The molecule has 0 aliphatic carbocycles. The predicted molar refractivity (Wildman–Crippen MR) is 34.8 cm³/mol. The SMILES string of the molecule is CCOCSCCl. The summed E-state index contributed by atoms with van der Waals surface area (Å²) in [6.07, 6.45) is 0. The van der Waals surface area contributed by atoms with Gasteiger partial charge in [-0.05, 0) is 6.92 Å². The first-order valence-corrected chi connectivity index (χ1v) is 3.82. The number of halogens is 1. The van der Waals surface area contributed by atoms with Crippen LogP contribution in [-0.2, 0) is 4.74 Å². The maximum atomic E-state index is 5.32. The highest BCUT2D eigenvalue weighted by Crippen LogP contribution is 2.00. The van der Waals surface area contributed by atoms with Crippen LogP contribution in [0.25, 0.3) is 0 Å². The monoisotopic (exact) mass is 140 g/mol. The molecule has 0 unspecified atom stereocenters. The minimum Gasteiger partial charge on any atom is -0.371 e. The molecular weight excluding hydrogens is 132 g/mol. The Balaban J connectivity index is 2.45. The van der Waals surface area contributed by atoms with Crippen molar-refractivity contribution in [2.45, 2.75) is 6.92 Å². The highest BCUT2D eigenvalue weighted by molar-refractivity contribution is 8.00. The van der Waals surface area contributed by atoms with E-state index in [0.717, 1.165) is 12.5 Å². The third-order valence-corrected chi connectivity index (χ3v) is 1.40. The molecule has 44 valence electrons. The van der Waals surface area contributed by atoms with Gasteiger partial charge in [-0.25, -0.2) is 0 Å². The first-order valence-electron chi connectivity index (χ1n) is 2.13. The quantitative estimate of drug-likeness (QED) is 0.335. The van der Waals surface area contributed by atoms with Crippen LogP contribution in [0.2, 0.25) is 0 Å². The lowest BCUT2D eigenvalue weighted by Gasteiger charge is -1.93. The summed E-state index contributed by atoms with van der Waals surface area (Å²) < 4.78 is 4.95. The summed E-state index contributed by atoms with van der Waals surface area (Å²) in [7, 11) is 0. The molecule has 1 nitrogen and oxygen atoms in total. The summed E-state index contributed by atoms with van der Waals surface area (Å²) in [5.74, 6) is 0.722. The van der Waals surface area contributed by atoms with Crippen LogP contribution in [-0.4, -0.2) is 17.8 Å². The average Bonchev–Trinajstić information content (AvgIpc) is 1.69. The molecule has 0 radical (unpaired) electrons. The average molecular weight is 141 g/mol. The van der Waals surface area contributed by atoms with Crippen LogP contribution in [0.4, 0.5) is 0 Å². The van der Waals surface area contributed by atoms with Crippen LogP contribution < -0.4 is 0 Å². The van der Waals surface area contributed by atoms with Gasteiger partial charge in [0.05, 0.1) is 11.2 Å². The number of rotatable bonds is 4. The van der Waals surface area contributed by atoms with Crippen LogP contribution in [0.5, 0.6) is 0 Å². The Morgan fingerprint density at radius 1 is 1.71 bits per heavy atom. The second-order valence-electron chi connectivity index (χ2n) is 0.924. The maximum Gasteiger partial charge on any atom is 0.0932 e. The van der Waals surface area contributed by atoms with Crippen molar-refractivity contribution in [2.24, 2.45) is 0 Å². The van der Waals surface area contributed by atoms with E-state index in [9.17, 15) is 0 Å². The van der Waals surface area contributed by atoms with Gasteiger partial charge in [0, 0.05) is 6.61 Å². The molecule has 0 heterocycles. The Hall–Kier alpha value is 0.600. The molecule has 0 N–H and O–H groups in total. The Kier molecular flexibility index (Phi) is 7.17. The lowest BCUT2D eigenvalue weighted by atomic mass is 10.9. The van der Waals surface area contributed by atoms with Gasteiger partial charge in [0.2, 0.25) is 0 Å². The van der Waals surface area contributed by atoms with Crippen molar-refractivity contribution in [3.05, 3.63) is 0 Å². The van der Waals surface area contributed by atoms with Gasteiger partial charge < -0.3 is 4.74 Å². The largest absolute Gasteiger partial charge is 0.371 e. The van der Waals surface area contributed by atoms with Crippen LogP contribution in [0, 0.1) is 0 Å². The van der Waals surface area contributed by atoms with E-state index in [4.69, 9.17) is 16.3 Å². The fourth-order valence-corrected chi connectivity index (χ4v) is 0.710. The molecule has 0 aliphatic rings. The molecule has 3 heteroatoms. The standard InChI is InChI=1S/C4H9ClOS/c1-2-6-4-7-3-5/h2-4H2,1H3. The highest BCUT2D eigenvalue weighted by Gasteiger charge is 1.79. The molecule has 0 aromatic carbocycles. The third kappa shape index (κ3) is 6.60. The van der Waals surface area contributed by atoms with Crippen LogP contribution >= 0.6 is 23.4 Å². The van der Waals surface area contributed by atoms with E-state index in [2.05, 4.69) is 0 Å². The van der Waals surface area contributed by atoms with Crippen molar-refractivity contribution >= 4 is 23.4 Å². The molecule has 7 heavy (non-hydrogen) atoms. The number of hydrogen-bond donors (Lipinski definition) is 0. The molecule has 0 aliphatic heterocycles. The van der Waals surface area contributed by atoms with Crippen LogP contribution in [0.3, 0.4) is 0 Å². The molecule has 0 spiro atoms. The van der Waals surface area contributed by atoms with Gasteiger partial charge in [0.25, 0.3) is 0 Å². The van der Waals surface area contributed by atoms with Gasteiger partial charge in [-0.3, -0.25) is 0 Å². The number of ether oxygens (including phenoxy) is 1. The van der Waals surface area contributed by atoms with Gasteiger partial charge in [-0.1, -0.05) is 0 Å². The van der Waals surface area contributed by atoms with Gasteiger partial charge in [-0.15, -0.1) is 23.4 Å². The Bertz CT molecular complexity index is 30.9. The van der Waals surface area contributed by atoms with Crippen molar-refractivity contribution in [2.75, 3.05) is 17.8 Å². The predicted octanol–water partition coefficient (Wildman–Crippen LogP) is 1.91. The number of thioether (sulfide) groups is 1. The van der Waals surface area contributed by atoms with E-state index >= 15 is 0 Å². The zero-order chi connectivity index (χ0) is 5.54. The molecule has 0 saturated heterocycles.